The van der Waals surface area contributed by atoms with Gasteiger partial charge < -0.3 is 11.1 Å². The minimum Gasteiger partial charge on any atom is -0.370 e. The van der Waals surface area contributed by atoms with Crippen LogP contribution in [0.15, 0.2) is 28.7 Å². The largest absolute Gasteiger partial charge is 0.370 e. The maximum absolute atomic E-state index is 10.8. The van der Waals surface area contributed by atoms with Crippen molar-refractivity contribution < 1.29 is 4.79 Å². The number of carbonyl (C=O) groups excluding carboxylic acids is 1. The molecule has 0 fully saturated rings. The molecule has 0 heterocycles. The molecule has 1 rings (SSSR count). The Balaban J connectivity index is 2.58. The van der Waals surface area contributed by atoms with Crippen LogP contribution in [0.2, 0.25) is 0 Å². The molecular weight excluding hydrogens is 268 g/mol. The molecule has 0 radical (unpaired) electrons. The molecular formula is C12H17BrN2O. The van der Waals surface area contributed by atoms with Crippen molar-refractivity contribution in [2.24, 2.45) is 5.73 Å². The van der Waals surface area contributed by atoms with Crippen LogP contribution in [0.1, 0.15) is 31.9 Å². The van der Waals surface area contributed by atoms with Gasteiger partial charge in [0, 0.05) is 23.0 Å². The van der Waals surface area contributed by atoms with Crippen LogP contribution in [-0.2, 0) is 4.79 Å². The average molecular weight is 285 g/mol. The first-order valence-electron chi connectivity index (χ1n) is 5.29. The number of nitrogens with one attached hydrogen (secondary N) is 1. The lowest BCUT2D eigenvalue weighted by atomic mass is 10.1. The second-order valence-electron chi connectivity index (χ2n) is 4.01. The lowest BCUT2D eigenvalue weighted by Crippen LogP contribution is -2.32. The molecule has 3 nitrogen and oxygen atoms in total. The third kappa shape index (κ3) is 4.33. The maximum atomic E-state index is 10.8. The lowest BCUT2D eigenvalue weighted by molar-refractivity contribution is -0.118. The van der Waals surface area contributed by atoms with E-state index in [-0.39, 0.29) is 18.0 Å². The van der Waals surface area contributed by atoms with Crippen LogP contribution in [-0.4, -0.2) is 11.9 Å². The summed E-state index contributed by atoms with van der Waals surface area (Å²) in [6, 6.07) is 8.39. The van der Waals surface area contributed by atoms with E-state index >= 15 is 0 Å². The molecule has 88 valence electrons. The monoisotopic (exact) mass is 284 g/mol. The minimum absolute atomic E-state index is 0.0893. The number of halogens is 1. The summed E-state index contributed by atoms with van der Waals surface area (Å²) in [6.07, 6.45) is 0.359. The quantitative estimate of drug-likeness (QED) is 0.872. The molecule has 0 saturated heterocycles. The first-order valence-corrected chi connectivity index (χ1v) is 6.08. The number of nitrogens with two attached hydrogens (primary N) is 1. The fourth-order valence-corrected chi connectivity index (χ4v) is 2.08. The molecule has 16 heavy (non-hydrogen) atoms. The van der Waals surface area contributed by atoms with Crippen LogP contribution in [0.3, 0.4) is 0 Å². The molecule has 1 aromatic carbocycles. The fraction of sp³-hybridized carbons (Fsp3) is 0.417. The molecule has 1 amide bonds. The van der Waals surface area contributed by atoms with Gasteiger partial charge in [-0.15, -0.1) is 0 Å². The van der Waals surface area contributed by atoms with E-state index in [1.165, 1.54) is 5.56 Å². The van der Waals surface area contributed by atoms with Crippen molar-refractivity contribution >= 4 is 21.8 Å². The zero-order chi connectivity index (χ0) is 12.1. The Morgan fingerprint density at radius 3 is 2.75 bits per heavy atom. The van der Waals surface area contributed by atoms with Crippen LogP contribution in [0.25, 0.3) is 0 Å². The van der Waals surface area contributed by atoms with Gasteiger partial charge in [0.15, 0.2) is 0 Å². The van der Waals surface area contributed by atoms with Crippen LogP contribution in [0.5, 0.6) is 0 Å². The zero-order valence-corrected chi connectivity index (χ0v) is 11.1. The van der Waals surface area contributed by atoms with Crippen molar-refractivity contribution in [3.05, 3.63) is 34.3 Å². The Morgan fingerprint density at radius 1 is 1.50 bits per heavy atom. The summed E-state index contributed by atoms with van der Waals surface area (Å²) in [6.45, 7) is 4.03. The molecule has 0 aliphatic heterocycles. The summed E-state index contributed by atoms with van der Waals surface area (Å²) in [5.41, 5.74) is 6.33. The van der Waals surface area contributed by atoms with Crippen molar-refractivity contribution in [2.75, 3.05) is 0 Å². The van der Waals surface area contributed by atoms with E-state index in [2.05, 4.69) is 40.3 Å². The van der Waals surface area contributed by atoms with Gasteiger partial charge in [-0.1, -0.05) is 28.1 Å². The number of rotatable bonds is 5. The molecule has 0 aliphatic carbocycles. The van der Waals surface area contributed by atoms with E-state index < -0.39 is 0 Å². The third-order valence-electron chi connectivity index (χ3n) is 2.39. The first kappa shape index (κ1) is 13.2. The Bertz CT molecular complexity index is 368. The van der Waals surface area contributed by atoms with E-state index in [0.717, 1.165) is 4.47 Å². The van der Waals surface area contributed by atoms with Gasteiger partial charge >= 0.3 is 0 Å². The molecule has 0 spiro atoms. The van der Waals surface area contributed by atoms with Crippen molar-refractivity contribution in [1.82, 2.24) is 5.32 Å². The Morgan fingerprint density at radius 2 is 2.19 bits per heavy atom. The van der Waals surface area contributed by atoms with E-state index in [9.17, 15) is 4.79 Å². The molecule has 1 aromatic rings. The van der Waals surface area contributed by atoms with Gasteiger partial charge in [0.2, 0.25) is 5.91 Å². The van der Waals surface area contributed by atoms with Gasteiger partial charge in [0.05, 0.1) is 0 Å². The molecule has 2 atom stereocenters. The van der Waals surface area contributed by atoms with Crippen LogP contribution < -0.4 is 11.1 Å². The zero-order valence-electron chi connectivity index (χ0n) is 9.53. The summed E-state index contributed by atoms with van der Waals surface area (Å²) in [5.74, 6) is -0.276. The van der Waals surface area contributed by atoms with E-state index in [0.29, 0.717) is 6.42 Å². The Hall–Kier alpha value is -0.870. The summed E-state index contributed by atoms with van der Waals surface area (Å²) in [5, 5.41) is 3.33. The van der Waals surface area contributed by atoms with Crippen LogP contribution in [0.4, 0.5) is 0 Å². The topological polar surface area (TPSA) is 55.1 Å². The first-order chi connectivity index (χ1) is 7.49. The highest BCUT2D eigenvalue weighted by atomic mass is 79.9. The molecule has 0 aliphatic rings. The molecule has 4 heteroatoms. The van der Waals surface area contributed by atoms with Crippen molar-refractivity contribution in [1.29, 1.82) is 0 Å². The lowest BCUT2D eigenvalue weighted by Gasteiger charge is -2.19. The summed E-state index contributed by atoms with van der Waals surface area (Å²) < 4.78 is 1.06. The highest BCUT2D eigenvalue weighted by Gasteiger charge is 2.11. The standard InChI is InChI=1S/C12H17BrN2O/c1-8(6-12(14)16)15-9(2)10-4-3-5-11(13)7-10/h3-5,7-9,15H,6H2,1-2H3,(H2,14,16)/t8-,9-/m1/s1. The second-order valence-corrected chi connectivity index (χ2v) is 4.93. The van der Waals surface area contributed by atoms with Gasteiger partial charge in [0.1, 0.15) is 0 Å². The SMILES string of the molecule is C[C@H](CC(N)=O)N[C@H](C)c1cccc(Br)c1. The minimum atomic E-state index is -0.276. The van der Waals surface area contributed by atoms with Gasteiger partial charge in [-0.25, -0.2) is 0 Å². The predicted molar refractivity (Wildman–Crippen MR) is 69.0 cm³/mol. The molecule has 3 N–H and O–H groups in total. The average Bonchev–Trinajstić information content (AvgIpc) is 2.16. The maximum Gasteiger partial charge on any atom is 0.218 e. The molecule has 0 unspecified atom stereocenters. The molecule has 0 saturated carbocycles. The normalized spacial score (nSPS) is 14.4. The summed E-state index contributed by atoms with van der Waals surface area (Å²) >= 11 is 3.44. The molecule has 0 aromatic heterocycles. The number of benzene rings is 1. The van der Waals surface area contributed by atoms with Crippen molar-refractivity contribution in [3.8, 4) is 0 Å². The second kappa shape index (κ2) is 6.01. The highest BCUT2D eigenvalue weighted by Crippen LogP contribution is 2.18. The molecule has 0 bridgehead atoms. The number of primary amides is 1. The number of hydrogen-bond acceptors (Lipinski definition) is 2. The van der Waals surface area contributed by atoms with Crippen molar-refractivity contribution in [2.45, 2.75) is 32.4 Å². The van der Waals surface area contributed by atoms with Crippen LogP contribution >= 0.6 is 15.9 Å². The summed E-state index contributed by atoms with van der Waals surface area (Å²) in [7, 11) is 0. The number of carbonyl (C=O) groups is 1. The van der Waals surface area contributed by atoms with Gasteiger partial charge in [-0.2, -0.15) is 0 Å². The predicted octanol–water partition coefficient (Wildman–Crippen LogP) is 2.36. The number of hydrogen-bond donors (Lipinski definition) is 2. The van der Waals surface area contributed by atoms with Gasteiger partial charge in [-0.3, -0.25) is 4.79 Å². The van der Waals surface area contributed by atoms with Crippen molar-refractivity contribution in [3.63, 3.8) is 0 Å². The fourth-order valence-electron chi connectivity index (χ4n) is 1.66. The Labute approximate surface area is 105 Å². The highest BCUT2D eigenvalue weighted by molar-refractivity contribution is 9.10. The van der Waals surface area contributed by atoms with E-state index in [4.69, 9.17) is 5.73 Å². The Kier molecular flexibility index (Phi) is 4.96. The number of amides is 1. The third-order valence-corrected chi connectivity index (χ3v) is 2.88. The summed E-state index contributed by atoms with van der Waals surface area (Å²) in [4.78, 5) is 10.8. The van der Waals surface area contributed by atoms with Gasteiger partial charge in [0.25, 0.3) is 0 Å². The van der Waals surface area contributed by atoms with Gasteiger partial charge in [-0.05, 0) is 31.5 Å². The van der Waals surface area contributed by atoms with Crippen LogP contribution in [0, 0.1) is 0 Å². The van der Waals surface area contributed by atoms with E-state index in [1.807, 2.05) is 19.1 Å². The van der Waals surface area contributed by atoms with E-state index in [1.54, 1.807) is 0 Å². The smallest absolute Gasteiger partial charge is 0.218 e.